The van der Waals surface area contributed by atoms with Gasteiger partial charge in [-0.25, -0.2) is 0 Å². The molecule has 0 saturated carbocycles. The van der Waals surface area contributed by atoms with E-state index in [0.717, 1.165) is 29.8 Å². The standard InChI is InChI=1S/C21H22N2O3/c1-11-12(2)20(25)17(13(3)19(11)24)6-4-5-16-10-15-9-14(21(22)26)7-8-18(15)23-16/h7-9H,4-6,10H2,1-3H3,(H2,22,26). The van der Waals surface area contributed by atoms with Gasteiger partial charge in [0, 0.05) is 40.0 Å². The number of rotatable bonds is 5. The highest BCUT2D eigenvalue weighted by Gasteiger charge is 2.27. The minimum atomic E-state index is -0.442. The van der Waals surface area contributed by atoms with Crippen molar-refractivity contribution in [2.24, 2.45) is 10.7 Å². The lowest BCUT2D eigenvalue weighted by atomic mass is 9.84. The molecule has 26 heavy (non-hydrogen) atoms. The van der Waals surface area contributed by atoms with Gasteiger partial charge in [-0.3, -0.25) is 19.4 Å². The van der Waals surface area contributed by atoms with E-state index in [1.54, 1.807) is 32.9 Å². The molecule has 0 fully saturated rings. The highest BCUT2D eigenvalue weighted by Crippen LogP contribution is 2.31. The number of Topliss-reactive ketones (excluding diaryl/α,β-unsaturated/α-hetero) is 2. The molecule has 2 N–H and O–H groups in total. The molecule has 0 aromatic heterocycles. The van der Waals surface area contributed by atoms with Crippen LogP contribution >= 0.6 is 0 Å². The average Bonchev–Trinajstić information content (AvgIpc) is 3.03. The lowest BCUT2D eigenvalue weighted by Gasteiger charge is -2.18. The number of amides is 1. The van der Waals surface area contributed by atoms with Crippen LogP contribution in [0.5, 0.6) is 0 Å². The van der Waals surface area contributed by atoms with E-state index >= 15 is 0 Å². The van der Waals surface area contributed by atoms with Crippen molar-refractivity contribution in [1.82, 2.24) is 0 Å². The van der Waals surface area contributed by atoms with Crippen LogP contribution < -0.4 is 5.73 Å². The van der Waals surface area contributed by atoms with Crippen molar-refractivity contribution in [2.75, 3.05) is 0 Å². The molecular weight excluding hydrogens is 328 g/mol. The summed E-state index contributed by atoms with van der Waals surface area (Å²) < 4.78 is 0. The van der Waals surface area contributed by atoms with E-state index in [1.165, 1.54) is 0 Å². The van der Waals surface area contributed by atoms with Gasteiger partial charge < -0.3 is 5.73 Å². The third kappa shape index (κ3) is 3.17. The molecule has 1 amide bonds. The van der Waals surface area contributed by atoms with Crippen LogP contribution in [-0.4, -0.2) is 23.2 Å². The molecule has 1 aromatic carbocycles. The van der Waals surface area contributed by atoms with E-state index < -0.39 is 5.91 Å². The summed E-state index contributed by atoms with van der Waals surface area (Å²) in [6, 6.07) is 5.29. The quantitative estimate of drug-likeness (QED) is 0.825. The molecule has 3 rings (SSSR count). The summed E-state index contributed by atoms with van der Waals surface area (Å²) in [6.45, 7) is 5.16. The molecule has 1 aromatic rings. The maximum Gasteiger partial charge on any atom is 0.248 e. The van der Waals surface area contributed by atoms with Crippen LogP contribution in [0.25, 0.3) is 0 Å². The van der Waals surface area contributed by atoms with Gasteiger partial charge in [0.05, 0.1) is 5.69 Å². The lowest BCUT2D eigenvalue weighted by Crippen LogP contribution is -2.20. The molecule has 0 spiro atoms. The number of carbonyl (C=O) groups excluding carboxylic acids is 3. The summed E-state index contributed by atoms with van der Waals surface area (Å²) in [7, 11) is 0. The van der Waals surface area contributed by atoms with E-state index in [0.29, 0.717) is 40.7 Å². The smallest absolute Gasteiger partial charge is 0.248 e. The molecule has 2 aliphatic rings. The number of nitrogens with two attached hydrogens (primary N) is 1. The van der Waals surface area contributed by atoms with Crippen LogP contribution in [0.2, 0.25) is 0 Å². The predicted molar refractivity (Wildman–Crippen MR) is 101 cm³/mol. The Labute approximate surface area is 152 Å². The van der Waals surface area contributed by atoms with Gasteiger partial charge in [0.1, 0.15) is 0 Å². The highest BCUT2D eigenvalue weighted by molar-refractivity contribution is 6.24. The summed E-state index contributed by atoms with van der Waals surface area (Å²) in [6.07, 6.45) is 2.77. The minimum Gasteiger partial charge on any atom is -0.366 e. The summed E-state index contributed by atoms with van der Waals surface area (Å²) >= 11 is 0. The normalized spacial score (nSPS) is 17.0. The number of benzene rings is 1. The number of fused-ring (bicyclic) bond motifs is 1. The van der Waals surface area contributed by atoms with Gasteiger partial charge in [0.25, 0.3) is 0 Å². The Bertz CT molecular complexity index is 933. The van der Waals surface area contributed by atoms with E-state index in [1.807, 2.05) is 6.07 Å². The molecule has 0 unspecified atom stereocenters. The number of primary amides is 1. The molecule has 1 aliphatic heterocycles. The fourth-order valence-electron chi connectivity index (χ4n) is 3.49. The summed E-state index contributed by atoms with van der Waals surface area (Å²) in [5, 5.41) is 0. The maximum atomic E-state index is 12.5. The lowest BCUT2D eigenvalue weighted by molar-refractivity contribution is -0.116. The van der Waals surface area contributed by atoms with E-state index in [9.17, 15) is 14.4 Å². The summed E-state index contributed by atoms with van der Waals surface area (Å²) in [4.78, 5) is 40.6. The molecule has 0 atom stereocenters. The van der Waals surface area contributed by atoms with Crippen LogP contribution in [0.1, 0.15) is 56.0 Å². The number of aliphatic imine (C=N–C) groups is 1. The summed E-state index contributed by atoms with van der Waals surface area (Å²) in [5.74, 6) is -0.480. The zero-order valence-electron chi connectivity index (χ0n) is 15.3. The average molecular weight is 350 g/mol. The Balaban J connectivity index is 1.64. The fraction of sp³-hybridized carbons (Fsp3) is 0.333. The molecule has 0 bridgehead atoms. The van der Waals surface area contributed by atoms with Crippen LogP contribution in [0.3, 0.4) is 0 Å². The van der Waals surface area contributed by atoms with Gasteiger partial charge in [-0.05, 0) is 63.8 Å². The third-order valence-corrected chi connectivity index (χ3v) is 5.24. The van der Waals surface area contributed by atoms with Crippen molar-refractivity contribution in [2.45, 2.75) is 46.5 Å². The number of hydrogen-bond donors (Lipinski definition) is 1. The van der Waals surface area contributed by atoms with Crippen molar-refractivity contribution in [1.29, 1.82) is 0 Å². The summed E-state index contributed by atoms with van der Waals surface area (Å²) in [5.41, 5.74) is 11.0. The van der Waals surface area contributed by atoms with Crippen molar-refractivity contribution < 1.29 is 14.4 Å². The first-order valence-electron chi connectivity index (χ1n) is 8.75. The molecule has 0 saturated heterocycles. The number of allylic oxidation sites excluding steroid dienone is 4. The molecular formula is C21H22N2O3. The van der Waals surface area contributed by atoms with Crippen molar-refractivity contribution >= 4 is 28.9 Å². The van der Waals surface area contributed by atoms with Crippen LogP contribution in [0.15, 0.2) is 45.5 Å². The predicted octanol–water partition coefficient (Wildman–Crippen LogP) is 3.39. The maximum absolute atomic E-state index is 12.5. The van der Waals surface area contributed by atoms with E-state index in [-0.39, 0.29) is 11.6 Å². The minimum absolute atomic E-state index is 0.0117. The monoisotopic (exact) mass is 350 g/mol. The Kier molecular flexibility index (Phi) is 4.72. The van der Waals surface area contributed by atoms with Gasteiger partial charge in [0.2, 0.25) is 5.91 Å². The topological polar surface area (TPSA) is 89.6 Å². The first kappa shape index (κ1) is 18.0. The second-order valence-electron chi connectivity index (χ2n) is 6.93. The third-order valence-electron chi connectivity index (χ3n) is 5.24. The second-order valence-corrected chi connectivity index (χ2v) is 6.93. The zero-order chi connectivity index (χ0) is 19.0. The molecule has 5 nitrogen and oxygen atoms in total. The molecule has 0 radical (unpaired) electrons. The first-order valence-corrected chi connectivity index (χ1v) is 8.75. The molecule has 5 heteroatoms. The Morgan fingerprint density at radius 2 is 1.73 bits per heavy atom. The fourth-order valence-corrected chi connectivity index (χ4v) is 3.49. The van der Waals surface area contributed by atoms with E-state index in [2.05, 4.69) is 4.99 Å². The Morgan fingerprint density at radius 1 is 1.04 bits per heavy atom. The van der Waals surface area contributed by atoms with Gasteiger partial charge in [-0.15, -0.1) is 0 Å². The van der Waals surface area contributed by atoms with E-state index in [4.69, 9.17) is 5.73 Å². The van der Waals surface area contributed by atoms with Gasteiger partial charge in [-0.1, -0.05) is 0 Å². The van der Waals surface area contributed by atoms with Crippen LogP contribution in [0.4, 0.5) is 5.69 Å². The van der Waals surface area contributed by atoms with Gasteiger partial charge in [-0.2, -0.15) is 0 Å². The largest absolute Gasteiger partial charge is 0.366 e. The number of ketones is 2. The highest BCUT2D eigenvalue weighted by atomic mass is 16.1. The first-order chi connectivity index (χ1) is 12.3. The van der Waals surface area contributed by atoms with Crippen LogP contribution in [0, 0.1) is 0 Å². The number of carbonyl (C=O) groups is 3. The molecule has 1 aliphatic carbocycles. The zero-order valence-corrected chi connectivity index (χ0v) is 15.3. The Morgan fingerprint density at radius 3 is 2.42 bits per heavy atom. The number of hydrogen-bond acceptors (Lipinski definition) is 4. The van der Waals surface area contributed by atoms with Gasteiger partial charge in [0.15, 0.2) is 11.6 Å². The van der Waals surface area contributed by atoms with Crippen molar-refractivity contribution in [3.63, 3.8) is 0 Å². The second kappa shape index (κ2) is 6.83. The van der Waals surface area contributed by atoms with Crippen molar-refractivity contribution in [3.05, 3.63) is 51.6 Å². The Hall–Kier alpha value is -2.82. The van der Waals surface area contributed by atoms with Crippen molar-refractivity contribution in [3.8, 4) is 0 Å². The molecule has 1 heterocycles. The molecule has 134 valence electrons. The SMILES string of the molecule is CC1=C(C)C(=O)C(CCCC2=Nc3ccc(C(N)=O)cc3C2)=C(C)C1=O. The number of nitrogens with zero attached hydrogens (tertiary/aromatic N) is 1. The van der Waals surface area contributed by atoms with Crippen LogP contribution in [-0.2, 0) is 16.0 Å². The van der Waals surface area contributed by atoms with Gasteiger partial charge >= 0.3 is 0 Å².